The lowest BCUT2D eigenvalue weighted by atomic mass is 9.84. The predicted molar refractivity (Wildman–Crippen MR) is 74.1 cm³/mol. The maximum Gasteiger partial charge on any atom is 0.142 e. The molecule has 0 saturated heterocycles. The molecule has 0 spiro atoms. The third-order valence-corrected chi connectivity index (χ3v) is 4.39. The highest BCUT2D eigenvalue weighted by atomic mass is 35.5. The van der Waals surface area contributed by atoms with Gasteiger partial charge in [0.05, 0.1) is 5.02 Å². The Hall–Kier alpha value is -0.600. The lowest BCUT2D eigenvalue weighted by Gasteiger charge is -2.23. The second-order valence-corrected chi connectivity index (χ2v) is 5.71. The SMILES string of the molecule is NC(CCC1CCCCC1)c1cccc(F)c1Cl. The van der Waals surface area contributed by atoms with Gasteiger partial charge in [0.1, 0.15) is 5.82 Å². The molecule has 1 aliphatic rings. The number of halogens is 2. The van der Waals surface area contributed by atoms with Crippen molar-refractivity contribution in [2.45, 2.75) is 51.0 Å². The molecule has 0 amide bonds. The summed E-state index contributed by atoms with van der Waals surface area (Å²) < 4.78 is 13.3. The van der Waals surface area contributed by atoms with Crippen molar-refractivity contribution in [2.75, 3.05) is 0 Å². The topological polar surface area (TPSA) is 26.0 Å². The first-order valence-corrected chi connectivity index (χ1v) is 7.25. The Morgan fingerprint density at radius 2 is 2.00 bits per heavy atom. The van der Waals surface area contributed by atoms with E-state index in [4.69, 9.17) is 17.3 Å². The monoisotopic (exact) mass is 269 g/mol. The highest BCUT2D eigenvalue weighted by Crippen LogP contribution is 2.32. The van der Waals surface area contributed by atoms with Gasteiger partial charge in [0.15, 0.2) is 0 Å². The van der Waals surface area contributed by atoms with Gasteiger partial charge in [-0.05, 0) is 30.4 Å². The molecule has 1 aliphatic carbocycles. The van der Waals surface area contributed by atoms with Crippen molar-refractivity contribution in [3.63, 3.8) is 0 Å². The molecule has 0 radical (unpaired) electrons. The van der Waals surface area contributed by atoms with E-state index < -0.39 is 0 Å². The van der Waals surface area contributed by atoms with Gasteiger partial charge >= 0.3 is 0 Å². The van der Waals surface area contributed by atoms with Gasteiger partial charge in [0, 0.05) is 6.04 Å². The fourth-order valence-corrected chi connectivity index (χ4v) is 3.12. The summed E-state index contributed by atoms with van der Waals surface area (Å²) in [5.41, 5.74) is 6.87. The van der Waals surface area contributed by atoms with Crippen LogP contribution in [0.15, 0.2) is 18.2 Å². The quantitative estimate of drug-likeness (QED) is 0.832. The van der Waals surface area contributed by atoms with Gasteiger partial charge < -0.3 is 5.73 Å². The molecule has 1 nitrogen and oxygen atoms in total. The minimum Gasteiger partial charge on any atom is -0.324 e. The molecule has 0 bridgehead atoms. The van der Waals surface area contributed by atoms with Gasteiger partial charge in [-0.3, -0.25) is 0 Å². The fourth-order valence-electron chi connectivity index (χ4n) is 2.85. The van der Waals surface area contributed by atoms with Crippen LogP contribution in [0.2, 0.25) is 5.02 Å². The Bertz CT molecular complexity index is 388. The normalized spacial score (nSPS) is 18.8. The molecule has 1 aromatic carbocycles. The van der Waals surface area contributed by atoms with E-state index in [0.29, 0.717) is 0 Å². The van der Waals surface area contributed by atoms with Gasteiger partial charge in [-0.2, -0.15) is 0 Å². The van der Waals surface area contributed by atoms with Gasteiger partial charge in [0.25, 0.3) is 0 Å². The van der Waals surface area contributed by atoms with Crippen LogP contribution in [0.5, 0.6) is 0 Å². The van der Waals surface area contributed by atoms with Crippen LogP contribution < -0.4 is 5.73 Å². The number of benzene rings is 1. The highest BCUT2D eigenvalue weighted by molar-refractivity contribution is 6.31. The van der Waals surface area contributed by atoms with Crippen molar-refractivity contribution >= 4 is 11.6 Å². The molecular weight excluding hydrogens is 249 g/mol. The van der Waals surface area contributed by atoms with Crippen LogP contribution in [0.3, 0.4) is 0 Å². The van der Waals surface area contributed by atoms with Crippen molar-refractivity contribution in [1.82, 2.24) is 0 Å². The number of nitrogens with two attached hydrogens (primary N) is 1. The van der Waals surface area contributed by atoms with Crippen molar-refractivity contribution < 1.29 is 4.39 Å². The first-order chi connectivity index (χ1) is 8.68. The molecule has 1 atom stereocenters. The Morgan fingerprint density at radius 3 is 2.72 bits per heavy atom. The zero-order chi connectivity index (χ0) is 13.0. The van der Waals surface area contributed by atoms with Crippen LogP contribution in [0.4, 0.5) is 4.39 Å². The molecular formula is C15H21ClFN. The molecule has 100 valence electrons. The van der Waals surface area contributed by atoms with Gasteiger partial charge in [-0.25, -0.2) is 4.39 Å². The average molecular weight is 270 g/mol. The maximum atomic E-state index is 13.3. The number of hydrogen-bond acceptors (Lipinski definition) is 1. The summed E-state index contributed by atoms with van der Waals surface area (Å²) in [7, 11) is 0. The Kier molecular flexibility index (Phi) is 5.02. The average Bonchev–Trinajstić information content (AvgIpc) is 2.40. The van der Waals surface area contributed by atoms with Crippen molar-refractivity contribution in [2.24, 2.45) is 11.7 Å². The van der Waals surface area contributed by atoms with Crippen molar-refractivity contribution in [3.8, 4) is 0 Å². The van der Waals surface area contributed by atoms with E-state index in [1.54, 1.807) is 6.07 Å². The largest absolute Gasteiger partial charge is 0.324 e. The van der Waals surface area contributed by atoms with Gasteiger partial charge in [-0.15, -0.1) is 0 Å². The summed E-state index contributed by atoms with van der Waals surface area (Å²) >= 11 is 5.95. The first-order valence-electron chi connectivity index (χ1n) is 6.88. The Labute approximate surface area is 114 Å². The highest BCUT2D eigenvalue weighted by Gasteiger charge is 2.17. The first kappa shape index (κ1) is 13.8. The Morgan fingerprint density at radius 1 is 1.28 bits per heavy atom. The second kappa shape index (κ2) is 6.53. The third kappa shape index (κ3) is 3.46. The molecule has 0 aliphatic heterocycles. The lowest BCUT2D eigenvalue weighted by molar-refractivity contribution is 0.324. The molecule has 0 aromatic heterocycles. The Balaban J connectivity index is 1.90. The van der Waals surface area contributed by atoms with E-state index in [-0.39, 0.29) is 16.9 Å². The van der Waals surface area contributed by atoms with Crippen molar-refractivity contribution in [1.29, 1.82) is 0 Å². The van der Waals surface area contributed by atoms with Gasteiger partial charge in [-0.1, -0.05) is 55.8 Å². The molecule has 18 heavy (non-hydrogen) atoms. The predicted octanol–water partition coefficient (Wildman–Crippen LogP) is 4.84. The van der Waals surface area contributed by atoms with E-state index >= 15 is 0 Å². The summed E-state index contributed by atoms with van der Waals surface area (Å²) in [5, 5.41) is 0.189. The molecule has 0 heterocycles. The van der Waals surface area contributed by atoms with Crippen LogP contribution in [-0.2, 0) is 0 Å². The van der Waals surface area contributed by atoms with Crippen LogP contribution in [0.25, 0.3) is 0 Å². The molecule has 2 rings (SSSR count). The number of hydrogen-bond donors (Lipinski definition) is 1. The summed E-state index contributed by atoms with van der Waals surface area (Å²) in [4.78, 5) is 0. The minimum absolute atomic E-state index is 0.143. The van der Waals surface area contributed by atoms with E-state index in [2.05, 4.69) is 0 Å². The molecule has 1 fully saturated rings. The molecule has 1 aromatic rings. The van der Waals surface area contributed by atoms with Crippen LogP contribution in [0.1, 0.15) is 56.6 Å². The fraction of sp³-hybridized carbons (Fsp3) is 0.600. The number of rotatable bonds is 4. The summed E-state index contributed by atoms with van der Waals surface area (Å²) in [5.74, 6) is 0.430. The van der Waals surface area contributed by atoms with E-state index in [1.165, 1.54) is 38.2 Å². The summed E-state index contributed by atoms with van der Waals surface area (Å²) in [6, 6.07) is 4.74. The lowest BCUT2D eigenvalue weighted by Crippen LogP contribution is -2.14. The van der Waals surface area contributed by atoms with E-state index in [1.807, 2.05) is 6.07 Å². The van der Waals surface area contributed by atoms with E-state index in [9.17, 15) is 4.39 Å². The molecule has 2 N–H and O–H groups in total. The standard InChI is InChI=1S/C15H21ClFN/c16-15-12(7-4-8-13(15)17)14(18)10-9-11-5-2-1-3-6-11/h4,7-8,11,14H,1-3,5-6,9-10,18H2. The maximum absolute atomic E-state index is 13.3. The smallest absolute Gasteiger partial charge is 0.142 e. The molecule has 1 saturated carbocycles. The molecule has 1 unspecified atom stereocenters. The summed E-state index contributed by atoms with van der Waals surface area (Å²) in [6.07, 6.45) is 8.74. The third-order valence-electron chi connectivity index (χ3n) is 3.99. The van der Waals surface area contributed by atoms with Gasteiger partial charge in [0.2, 0.25) is 0 Å². The zero-order valence-corrected chi connectivity index (χ0v) is 11.4. The zero-order valence-electron chi connectivity index (χ0n) is 10.7. The summed E-state index contributed by atoms with van der Waals surface area (Å²) in [6.45, 7) is 0. The van der Waals surface area contributed by atoms with Crippen molar-refractivity contribution in [3.05, 3.63) is 34.6 Å². The second-order valence-electron chi connectivity index (χ2n) is 5.33. The van der Waals surface area contributed by atoms with Crippen LogP contribution in [-0.4, -0.2) is 0 Å². The van der Waals surface area contributed by atoms with Crippen LogP contribution >= 0.6 is 11.6 Å². The van der Waals surface area contributed by atoms with E-state index in [0.717, 1.165) is 24.3 Å². The minimum atomic E-state index is -0.373. The van der Waals surface area contributed by atoms with Crippen LogP contribution in [0, 0.1) is 11.7 Å². The molecule has 3 heteroatoms.